The molecule has 0 radical (unpaired) electrons. The van der Waals surface area contributed by atoms with Crippen molar-refractivity contribution in [1.82, 2.24) is 0 Å². The van der Waals surface area contributed by atoms with Gasteiger partial charge in [-0.3, -0.25) is 0 Å². The Morgan fingerprint density at radius 3 is 2.81 bits per heavy atom. The molecule has 0 spiro atoms. The van der Waals surface area contributed by atoms with Crippen LogP contribution < -0.4 is 4.74 Å². The van der Waals surface area contributed by atoms with Crippen LogP contribution in [0.4, 0.5) is 0 Å². The van der Waals surface area contributed by atoms with Gasteiger partial charge < -0.3 is 9.84 Å². The Balaban J connectivity index is 2.74. The van der Waals surface area contributed by atoms with Crippen LogP contribution in [0, 0.1) is 0 Å². The molecule has 0 unspecified atom stereocenters. The molecular formula is C13H17ClO2. The number of benzene rings is 1. The van der Waals surface area contributed by atoms with Crippen LogP contribution in [0.25, 0.3) is 0 Å². The first-order valence-corrected chi connectivity index (χ1v) is 5.63. The number of ether oxygens (including phenoxy) is 1. The van der Waals surface area contributed by atoms with Gasteiger partial charge in [0.1, 0.15) is 5.75 Å². The summed E-state index contributed by atoms with van der Waals surface area (Å²) in [5.41, 5.74) is 1.79. The number of hydrogen-bond acceptors (Lipinski definition) is 2. The smallest absolute Gasteiger partial charge is 0.125 e. The van der Waals surface area contributed by atoms with Gasteiger partial charge in [-0.2, -0.15) is 0 Å². The molecule has 0 saturated carbocycles. The summed E-state index contributed by atoms with van der Waals surface area (Å²) < 4.78 is 5.58. The fraction of sp³-hybridized carbons (Fsp3) is 0.385. The highest BCUT2D eigenvalue weighted by molar-refractivity contribution is 6.30. The van der Waals surface area contributed by atoms with E-state index in [4.69, 9.17) is 16.3 Å². The third-order valence-electron chi connectivity index (χ3n) is 2.21. The summed E-state index contributed by atoms with van der Waals surface area (Å²) in [7, 11) is 0. The highest BCUT2D eigenvalue weighted by Crippen LogP contribution is 2.28. The van der Waals surface area contributed by atoms with Crippen molar-refractivity contribution in [3.05, 3.63) is 40.9 Å². The molecule has 88 valence electrons. The first-order valence-electron chi connectivity index (χ1n) is 5.25. The predicted octanol–water partition coefficient (Wildman–Crippen LogP) is 3.74. The largest absolute Gasteiger partial charge is 0.493 e. The van der Waals surface area contributed by atoms with Gasteiger partial charge in [0, 0.05) is 17.0 Å². The minimum absolute atomic E-state index is 0.566. The van der Waals surface area contributed by atoms with Crippen LogP contribution in [-0.4, -0.2) is 11.7 Å². The van der Waals surface area contributed by atoms with E-state index < -0.39 is 6.10 Å². The van der Waals surface area contributed by atoms with Crippen LogP contribution in [0.3, 0.4) is 0 Å². The lowest BCUT2D eigenvalue weighted by Crippen LogP contribution is -2.02. The van der Waals surface area contributed by atoms with Crippen molar-refractivity contribution < 1.29 is 9.84 Å². The Bertz CT molecular complexity index is 372. The maximum Gasteiger partial charge on any atom is 0.125 e. The molecule has 3 heteroatoms. The van der Waals surface area contributed by atoms with Crippen LogP contribution >= 0.6 is 11.6 Å². The van der Waals surface area contributed by atoms with Crippen LogP contribution in [0.5, 0.6) is 5.75 Å². The van der Waals surface area contributed by atoms with Gasteiger partial charge >= 0.3 is 0 Å². The summed E-state index contributed by atoms with van der Waals surface area (Å²) in [5.74, 6) is 0.681. The van der Waals surface area contributed by atoms with E-state index in [1.807, 2.05) is 6.92 Å². The Kier molecular flexibility index (Phi) is 4.84. The molecular weight excluding hydrogens is 224 g/mol. The summed E-state index contributed by atoms with van der Waals surface area (Å²) in [6, 6.07) is 5.26. The third kappa shape index (κ3) is 3.87. The second-order valence-corrected chi connectivity index (χ2v) is 4.35. The molecule has 0 bridgehead atoms. The van der Waals surface area contributed by atoms with Gasteiger partial charge in [0.05, 0.1) is 12.7 Å². The van der Waals surface area contributed by atoms with E-state index >= 15 is 0 Å². The first-order chi connectivity index (χ1) is 7.50. The zero-order chi connectivity index (χ0) is 12.1. The standard InChI is InChI=1S/C13H17ClO2/c1-9(2)6-7-16-13-5-4-11(14)8-12(13)10(3)15/h4-5,8,10,15H,1,6-7H2,2-3H3/t10-/m1/s1. The number of aliphatic hydroxyl groups excluding tert-OH is 1. The van der Waals surface area contributed by atoms with Crippen molar-refractivity contribution >= 4 is 11.6 Å². The SMILES string of the molecule is C=C(C)CCOc1ccc(Cl)cc1[C@@H](C)O. The minimum atomic E-state index is -0.585. The van der Waals surface area contributed by atoms with Gasteiger partial charge in [-0.1, -0.05) is 17.2 Å². The van der Waals surface area contributed by atoms with Gasteiger partial charge in [-0.05, 0) is 32.0 Å². The van der Waals surface area contributed by atoms with E-state index in [0.29, 0.717) is 22.9 Å². The number of halogens is 1. The van der Waals surface area contributed by atoms with Crippen molar-refractivity contribution in [2.24, 2.45) is 0 Å². The molecule has 0 aliphatic carbocycles. The van der Waals surface area contributed by atoms with Gasteiger partial charge in [0.25, 0.3) is 0 Å². The van der Waals surface area contributed by atoms with Crippen molar-refractivity contribution in [2.45, 2.75) is 26.4 Å². The van der Waals surface area contributed by atoms with Crippen LogP contribution in [0.2, 0.25) is 5.02 Å². The highest BCUT2D eigenvalue weighted by atomic mass is 35.5. The number of aliphatic hydroxyl groups is 1. The van der Waals surface area contributed by atoms with Crippen molar-refractivity contribution in [1.29, 1.82) is 0 Å². The summed E-state index contributed by atoms with van der Waals surface area (Å²) in [4.78, 5) is 0. The molecule has 0 fully saturated rings. The van der Waals surface area contributed by atoms with E-state index in [1.165, 1.54) is 0 Å². The molecule has 1 N–H and O–H groups in total. The summed E-state index contributed by atoms with van der Waals surface area (Å²) in [5, 5.41) is 10.2. The number of hydrogen-bond donors (Lipinski definition) is 1. The Hall–Kier alpha value is -0.990. The van der Waals surface area contributed by atoms with E-state index in [1.54, 1.807) is 25.1 Å². The molecule has 2 nitrogen and oxygen atoms in total. The minimum Gasteiger partial charge on any atom is -0.493 e. The average molecular weight is 241 g/mol. The zero-order valence-corrected chi connectivity index (χ0v) is 10.4. The van der Waals surface area contributed by atoms with E-state index in [0.717, 1.165) is 12.0 Å². The highest BCUT2D eigenvalue weighted by Gasteiger charge is 2.09. The van der Waals surface area contributed by atoms with E-state index in [2.05, 4.69) is 6.58 Å². The van der Waals surface area contributed by atoms with Crippen molar-refractivity contribution in [3.8, 4) is 5.75 Å². The predicted molar refractivity (Wildman–Crippen MR) is 67.0 cm³/mol. The van der Waals surface area contributed by atoms with E-state index in [9.17, 15) is 5.11 Å². The quantitative estimate of drug-likeness (QED) is 0.795. The topological polar surface area (TPSA) is 29.5 Å². The van der Waals surface area contributed by atoms with Crippen LogP contribution in [0.15, 0.2) is 30.4 Å². The first kappa shape index (κ1) is 13.1. The summed E-state index contributed by atoms with van der Waals surface area (Å²) in [6.45, 7) is 8.02. The molecule has 0 aliphatic heterocycles. The normalized spacial score (nSPS) is 12.2. The monoisotopic (exact) mass is 240 g/mol. The lowest BCUT2D eigenvalue weighted by Gasteiger charge is -2.13. The lowest BCUT2D eigenvalue weighted by atomic mass is 10.1. The molecule has 1 aromatic rings. The maximum absolute atomic E-state index is 9.58. The van der Waals surface area contributed by atoms with Crippen molar-refractivity contribution in [2.75, 3.05) is 6.61 Å². The molecule has 0 aromatic heterocycles. The third-order valence-corrected chi connectivity index (χ3v) is 2.44. The molecule has 1 aromatic carbocycles. The summed E-state index contributed by atoms with van der Waals surface area (Å²) in [6.07, 6.45) is 0.223. The molecule has 1 rings (SSSR count). The van der Waals surface area contributed by atoms with E-state index in [-0.39, 0.29) is 0 Å². The second-order valence-electron chi connectivity index (χ2n) is 3.91. The average Bonchev–Trinajstić information content (AvgIpc) is 2.19. The Morgan fingerprint density at radius 1 is 1.56 bits per heavy atom. The van der Waals surface area contributed by atoms with Crippen LogP contribution in [0.1, 0.15) is 31.9 Å². The molecule has 16 heavy (non-hydrogen) atoms. The molecule has 1 atom stereocenters. The second kappa shape index (κ2) is 5.92. The Morgan fingerprint density at radius 2 is 2.25 bits per heavy atom. The van der Waals surface area contributed by atoms with Crippen molar-refractivity contribution in [3.63, 3.8) is 0 Å². The Labute approximate surface area is 102 Å². The fourth-order valence-corrected chi connectivity index (χ4v) is 1.49. The lowest BCUT2D eigenvalue weighted by molar-refractivity contribution is 0.191. The molecule has 0 aliphatic rings. The number of rotatable bonds is 5. The van der Waals surface area contributed by atoms with Crippen LogP contribution in [-0.2, 0) is 0 Å². The molecule has 0 amide bonds. The van der Waals surface area contributed by atoms with Gasteiger partial charge in [-0.25, -0.2) is 0 Å². The summed E-state index contributed by atoms with van der Waals surface area (Å²) >= 11 is 5.86. The molecule has 0 saturated heterocycles. The maximum atomic E-state index is 9.58. The molecule has 0 heterocycles. The fourth-order valence-electron chi connectivity index (χ4n) is 1.31. The van der Waals surface area contributed by atoms with Gasteiger partial charge in [-0.15, -0.1) is 6.58 Å². The van der Waals surface area contributed by atoms with Gasteiger partial charge in [0.2, 0.25) is 0 Å². The van der Waals surface area contributed by atoms with Gasteiger partial charge in [0.15, 0.2) is 0 Å². The zero-order valence-electron chi connectivity index (χ0n) is 9.66.